The van der Waals surface area contributed by atoms with Gasteiger partial charge < -0.3 is 20.1 Å². The van der Waals surface area contributed by atoms with E-state index in [4.69, 9.17) is 4.74 Å². The smallest absolute Gasteiger partial charge is 0.396 e. The Kier molecular flexibility index (Phi) is 4.63. The number of likely N-dealkylation sites (tertiary alicyclic amines) is 1. The van der Waals surface area contributed by atoms with Crippen molar-refractivity contribution < 1.29 is 32.2 Å². The van der Waals surface area contributed by atoms with Crippen LogP contribution >= 0.6 is 0 Å². The maximum atomic E-state index is 13.3. The summed E-state index contributed by atoms with van der Waals surface area (Å²) < 4.78 is 57.0. The summed E-state index contributed by atoms with van der Waals surface area (Å²) in [6.45, 7) is 1.41. The molecule has 0 unspecified atom stereocenters. The lowest BCUT2D eigenvalue weighted by atomic mass is 9.76. The molecule has 2 saturated heterocycles. The highest BCUT2D eigenvalue weighted by Gasteiger charge is 2.49. The number of rotatable bonds is 2. The van der Waals surface area contributed by atoms with Crippen molar-refractivity contribution in [2.75, 3.05) is 38.2 Å². The van der Waals surface area contributed by atoms with Crippen molar-refractivity contribution in [3.05, 3.63) is 29.6 Å². The molecule has 1 aromatic carbocycles. The van der Waals surface area contributed by atoms with E-state index in [2.05, 4.69) is 5.32 Å². The summed E-state index contributed by atoms with van der Waals surface area (Å²) in [5.41, 5.74) is -2.10. The van der Waals surface area contributed by atoms with Crippen molar-refractivity contribution in [3.8, 4) is 0 Å². The number of carbonyl (C=O) groups excluding carboxylic acids is 1. The quantitative estimate of drug-likeness (QED) is 0.796. The number of hydrogen-bond donors (Lipinski definition) is 2. The second-order valence-electron chi connectivity index (χ2n) is 6.56. The van der Waals surface area contributed by atoms with Crippen LogP contribution in [0.25, 0.3) is 0 Å². The van der Waals surface area contributed by atoms with Gasteiger partial charge in [-0.15, -0.1) is 0 Å². The Balaban J connectivity index is 1.73. The van der Waals surface area contributed by atoms with Gasteiger partial charge in [0.25, 0.3) is 0 Å². The second-order valence-corrected chi connectivity index (χ2v) is 6.56. The number of benzene rings is 1. The fourth-order valence-corrected chi connectivity index (χ4v) is 3.50. The number of carbonyl (C=O) groups is 1. The number of halogens is 4. The van der Waals surface area contributed by atoms with E-state index < -0.39 is 29.0 Å². The van der Waals surface area contributed by atoms with Crippen LogP contribution in [0.3, 0.4) is 0 Å². The molecule has 138 valence electrons. The number of nitrogens with zero attached hydrogens (tertiary/aromatic N) is 1. The topological polar surface area (TPSA) is 61.8 Å². The average Bonchev–Trinajstić information content (AvgIpc) is 2.96. The summed E-state index contributed by atoms with van der Waals surface area (Å²) >= 11 is 0. The van der Waals surface area contributed by atoms with Crippen LogP contribution in [0.4, 0.5) is 28.0 Å². The minimum Gasteiger partial charge on any atom is -0.396 e. The zero-order valence-electron chi connectivity index (χ0n) is 13.3. The van der Waals surface area contributed by atoms with E-state index in [1.54, 1.807) is 0 Å². The number of aliphatic hydroxyl groups is 1. The fraction of sp³-hybridized carbons (Fsp3) is 0.562. The molecule has 2 heterocycles. The van der Waals surface area contributed by atoms with Crippen LogP contribution in [0.2, 0.25) is 0 Å². The number of nitrogens with one attached hydrogen (secondary N) is 1. The van der Waals surface area contributed by atoms with Crippen LogP contribution in [0.5, 0.6) is 0 Å². The lowest BCUT2D eigenvalue weighted by molar-refractivity contribution is -0.139. The first kappa shape index (κ1) is 17.9. The van der Waals surface area contributed by atoms with Gasteiger partial charge in [-0.25, -0.2) is 9.18 Å². The Morgan fingerprint density at radius 1 is 1.44 bits per heavy atom. The number of alkyl halides is 3. The number of fused-ring (bicyclic) bond motifs is 1. The van der Waals surface area contributed by atoms with Crippen LogP contribution in [0.15, 0.2) is 18.2 Å². The Morgan fingerprint density at radius 3 is 2.84 bits per heavy atom. The lowest BCUT2D eigenvalue weighted by Gasteiger charge is -2.36. The molecule has 0 spiro atoms. The fourth-order valence-electron chi connectivity index (χ4n) is 3.50. The molecule has 3 rings (SSSR count). The number of ether oxygens (including phenoxy) is 1. The van der Waals surface area contributed by atoms with Gasteiger partial charge in [0.2, 0.25) is 0 Å². The second kappa shape index (κ2) is 6.45. The lowest BCUT2D eigenvalue weighted by Crippen LogP contribution is -2.43. The van der Waals surface area contributed by atoms with Crippen LogP contribution in [0, 0.1) is 17.2 Å². The molecule has 0 radical (unpaired) electrons. The predicted molar refractivity (Wildman–Crippen MR) is 80.4 cm³/mol. The van der Waals surface area contributed by atoms with Crippen LogP contribution in [-0.4, -0.2) is 48.9 Å². The van der Waals surface area contributed by atoms with Gasteiger partial charge in [-0.05, 0) is 30.5 Å². The summed E-state index contributed by atoms with van der Waals surface area (Å²) in [5, 5.41) is 12.1. The highest BCUT2D eigenvalue weighted by atomic mass is 19.4. The third kappa shape index (κ3) is 3.43. The molecule has 2 atom stereocenters. The van der Waals surface area contributed by atoms with Crippen molar-refractivity contribution in [3.63, 3.8) is 0 Å². The summed E-state index contributed by atoms with van der Waals surface area (Å²) in [7, 11) is 0. The van der Waals surface area contributed by atoms with Gasteiger partial charge >= 0.3 is 12.2 Å². The highest BCUT2D eigenvalue weighted by molar-refractivity contribution is 5.89. The van der Waals surface area contributed by atoms with Crippen molar-refractivity contribution in [2.45, 2.75) is 12.6 Å². The third-order valence-electron chi connectivity index (χ3n) is 4.94. The SMILES string of the molecule is O=C(Nc1ccc(F)c(C(F)(F)F)c1)N1C[C@@H]2CCOC[C@]2(CO)C1. The zero-order valence-corrected chi connectivity index (χ0v) is 13.3. The highest BCUT2D eigenvalue weighted by Crippen LogP contribution is 2.41. The maximum absolute atomic E-state index is 13.3. The molecule has 2 aliphatic heterocycles. The Bertz CT molecular complexity index is 667. The molecule has 2 fully saturated rings. The molecule has 0 aliphatic carbocycles. The number of urea groups is 1. The van der Waals surface area contributed by atoms with Crippen molar-refractivity contribution in [2.24, 2.45) is 11.3 Å². The summed E-state index contributed by atoms with van der Waals surface area (Å²) in [5.74, 6) is -1.31. The maximum Gasteiger partial charge on any atom is 0.419 e. The molecule has 1 aromatic rings. The molecule has 2 amide bonds. The third-order valence-corrected chi connectivity index (χ3v) is 4.94. The van der Waals surface area contributed by atoms with E-state index in [-0.39, 0.29) is 24.8 Å². The molecule has 0 bridgehead atoms. The molecule has 2 aliphatic rings. The summed E-state index contributed by atoms with van der Waals surface area (Å²) in [4.78, 5) is 13.8. The van der Waals surface area contributed by atoms with E-state index in [0.29, 0.717) is 38.3 Å². The molecule has 25 heavy (non-hydrogen) atoms. The van der Waals surface area contributed by atoms with Gasteiger partial charge in [0.05, 0.1) is 18.8 Å². The van der Waals surface area contributed by atoms with Crippen molar-refractivity contribution in [1.82, 2.24) is 4.90 Å². The van der Waals surface area contributed by atoms with E-state index in [1.807, 2.05) is 0 Å². The number of aliphatic hydroxyl groups excluding tert-OH is 1. The number of anilines is 1. The van der Waals surface area contributed by atoms with Crippen molar-refractivity contribution >= 4 is 11.7 Å². The molecular formula is C16H18F4N2O3. The van der Waals surface area contributed by atoms with Crippen LogP contribution < -0.4 is 5.32 Å². The van der Waals surface area contributed by atoms with E-state index in [0.717, 1.165) is 6.07 Å². The Labute approximate surface area is 141 Å². The molecule has 0 aromatic heterocycles. The molecule has 0 saturated carbocycles. The summed E-state index contributed by atoms with van der Waals surface area (Å²) in [6, 6.07) is 1.74. The van der Waals surface area contributed by atoms with Gasteiger partial charge in [0, 0.05) is 30.8 Å². The number of amides is 2. The predicted octanol–water partition coefficient (Wildman–Crippen LogP) is 2.71. The molecule has 2 N–H and O–H groups in total. The van der Waals surface area contributed by atoms with E-state index in [9.17, 15) is 27.5 Å². The van der Waals surface area contributed by atoms with Gasteiger partial charge in [0.15, 0.2) is 0 Å². The zero-order chi connectivity index (χ0) is 18.2. The van der Waals surface area contributed by atoms with Crippen LogP contribution in [-0.2, 0) is 10.9 Å². The Morgan fingerprint density at radius 2 is 2.20 bits per heavy atom. The first-order valence-electron chi connectivity index (χ1n) is 7.86. The average molecular weight is 362 g/mol. The summed E-state index contributed by atoms with van der Waals surface area (Å²) in [6.07, 6.45) is -4.13. The normalized spacial score (nSPS) is 26.4. The minimum absolute atomic E-state index is 0.0796. The van der Waals surface area contributed by atoms with Gasteiger partial charge in [0.1, 0.15) is 5.82 Å². The standard InChI is InChI=1S/C16H18F4N2O3/c17-13-2-1-11(5-12(13)16(18,19)20)21-14(24)22-6-10-3-4-25-9-15(10,7-22)8-23/h1-2,5,10,23H,3-4,6-9H2,(H,21,24)/t10-,15+/m0/s1. The van der Waals surface area contributed by atoms with E-state index in [1.165, 1.54) is 4.90 Å². The van der Waals surface area contributed by atoms with Gasteiger partial charge in [-0.1, -0.05) is 0 Å². The number of hydrogen-bond acceptors (Lipinski definition) is 3. The largest absolute Gasteiger partial charge is 0.419 e. The van der Waals surface area contributed by atoms with Gasteiger partial charge in [-0.2, -0.15) is 13.2 Å². The minimum atomic E-state index is -4.84. The monoisotopic (exact) mass is 362 g/mol. The first-order valence-corrected chi connectivity index (χ1v) is 7.86. The van der Waals surface area contributed by atoms with Gasteiger partial charge in [-0.3, -0.25) is 0 Å². The molecular weight excluding hydrogens is 344 g/mol. The van der Waals surface area contributed by atoms with E-state index >= 15 is 0 Å². The van der Waals surface area contributed by atoms with Crippen LogP contribution in [0.1, 0.15) is 12.0 Å². The first-order chi connectivity index (χ1) is 11.7. The van der Waals surface area contributed by atoms with Crippen molar-refractivity contribution in [1.29, 1.82) is 0 Å². The Hall–Kier alpha value is -1.87. The molecule has 5 nitrogen and oxygen atoms in total. The molecule has 9 heteroatoms.